The Bertz CT molecular complexity index is 1810. The maximum Gasteiger partial charge on any atom is 0.412 e. The van der Waals surface area contributed by atoms with Gasteiger partial charge in [0, 0.05) is 39.6 Å². The number of amides is 2. The number of nitrogens with zero attached hydrogens (tertiary/aromatic N) is 4. The summed E-state index contributed by atoms with van der Waals surface area (Å²) in [5.41, 5.74) is 7.74. The largest absolute Gasteiger partial charge is 0.496 e. The van der Waals surface area contributed by atoms with E-state index in [0.717, 1.165) is 27.7 Å². The number of aliphatic imine (C=N–C) groups is 1. The molecule has 0 spiro atoms. The number of rotatable bonds is 8. The quantitative estimate of drug-likeness (QED) is 0.262. The average Bonchev–Trinajstić information content (AvgIpc) is 3.65. The minimum atomic E-state index is -4.47. The van der Waals surface area contributed by atoms with Gasteiger partial charge in [-0.3, -0.25) is 14.6 Å². The summed E-state index contributed by atoms with van der Waals surface area (Å²) in [6.07, 6.45) is -3.56. The van der Waals surface area contributed by atoms with Crippen molar-refractivity contribution in [1.29, 1.82) is 0 Å². The van der Waals surface area contributed by atoms with Gasteiger partial charge in [-0.1, -0.05) is 41.5 Å². The van der Waals surface area contributed by atoms with E-state index in [4.69, 9.17) is 25.2 Å². The molecular weight excluding hydrogens is 655 g/mol. The molecular formula is C36H44F3N5O4S. The molecule has 49 heavy (non-hydrogen) atoms. The van der Waals surface area contributed by atoms with Crippen molar-refractivity contribution in [3.63, 3.8) is 0 Å². The summed E-state index contributed by atoms with van der Waals surface area (Å²) in [7, 11) is 1.59. The molecule has 4 unspecified atom stereocenters. The molecule has 0 radical (unpaired) electrons. The fraction of sp³-hybridized carbons (Fsp3) is 0.528. The van der Waals surface area contributed by atoms with Crippen molar-refractivity contribution in [2.45, 2.75) is 98.0 Å². The number of halogens is 3. The number of carbonyl (C=O) groups excluding carboxylic acids is 2. The number of benzene rings is 1. The molecule has 2 aromatic heterocycles. The van der Waals surface area contributed by atoms with Crippen LogP contribution >= 0.6 is 11.3 Å². The fourth-order valence-corrected chi connectivity index (χ4v) is 7.40. The van der Waals surface area contributed by atoms with E-state index < -0.39 is 53.1 Å². The Kier molecular flexibility index (Phi) is 10.2. The first kappa shape index (κ1) is 36.3. The molecule has 13 heteroatoms. The second-order valence-corrected chi connectivity index (χ2v) is 15.1. The van der Waals surface area contributed by atoms with Crippen molar-refractivity contribution < 1.29 is 32.2 Å². The number of aromatic nitrogens is 2. The van der Waals surface area contributed by atoms with Crippen LogP contribution in [-0.4, -0.2) is 70.4 Å². The molecule has 264 valence electrons. The second kappa shape index (κ2) is 13.7. The van der Waals surface area contributed by atoms with Gasteiger partial charge in [-0.15, -0.1) is 11.3 Å². The van der Waals surface area contributed by atoms with Crippen LogP contribution in [0.5, 0.6) is 11.5 Å². The van der Waals surface area contributed by atoms with E-state index >= 15 is 0 Å². The third-order valence-electron chi connectivity index (χ3n) is 9.28. The van der Waals surface area contributed by atoms with Gasteiger partial charge in [-0.25, -0.2) is 9.97 Å². The number of alkyl halides is 3. The number of ether oxygens (including phenoxy) is 2. The number of pyridine rings is 1. The summed E-state index contributed by atoms with van der Waals surface area (Å²) in [4.78, 5) is 43.0. The van der Waals surface area contributed by atoms with E-state index in [1.54, 1.807) is 34.8 Å². The molecule has 4 atom stereocenters. The van der Waals surface area contributed by atoms with Crippen LogP contribution in [0.15, 0.2) is 40.2 Å². The molecule has 2 N–H and O–H groups in total. The van der Waals surface area contributed by atoms with Gasteiger partial charge in [0.2, 0.25) is 11.8 Å². The van der Waals surface area contributed by atoms with Gasteiger partial charge < -0.3 is 20.1 Å². The number of likely N-dealkylation sites (tertiary alicyclic amines) is 1. The minimum absolute atomic E-state index is 0.0255. The topological polar surface area (TPSA) is 120 Å². The molecule has 2 aliphatic rings. The molecule has 1 aliphatic carbocycles. The van der Waals surface area contributed by atoms with Gasteiger partial charge in [-0.2, -0.15) is 13.2 Å². The zero-order valence-corrected chi connectivity index (χ0v) is 30.0. The van der Waals surface area contributed by atoms with Gasteiger partial charge in [0.25, 0.3) is 0 Å². The van der Waals surface area contributed by atoms with Crippen LogP contribution in [-0.2, 0) is 9.59 Å². The van der Waals surface area contributed by atoms with Crippen LogP contribution in [0.25, 0.3) is 21.6 Å². The van der Waals surface area contributed by atoms with Crippen LogP contribution in [0.4, 0.5) is 13.2 Å². The molecule has 1 aromatic carbocycles. The fourth-order valence-electron chi connectivity index (χ4n) is 6.46. The molecule has 0 bridgehead atoms. The summed E-state index contributed by atoms with van der Waals surface area (Å²) in [6, 6.07) is 3.45. The SMILES string of the molecule is COc1ccc2c(OC3CN(C(=O)C(N=C4C=C(C(F)(F)F)CCC4)C(C)(C)C)C(C(N)=O)C3C)cc(-c3nc(C(C)C)cs3)nc2c1C. The maximum absolute atomic E-state index is 14.3. The Balaban J connectivity index is 1.53. The molecule has 1 saturated heterocycles. The number of hydrogen-bond donors (Lipinski definition) is 1. The number of carbonyl (C=O) groups is 2. The van der Waals surface area contributed by atoms with Crippen molar-refractivity contribution in [2.24, 2.45) is 22.1 Å². The maximum atomic E-state index is 14.3. The Morgan fingerprint density at radius 3 is 2.43 bits per heavy atom. The van der Waals surface area contributed by atoms with Gasteiger partial charge in [0.15, 0.2) is 0 Å². The van der Waals surface area contributed by atoms with Crippen molar-refractivity contribution in [2.75, 3.05) is 13.7 Å². The molecule has 1 fully saturated rings. The van der Waals surface area contributed by atoms with E-state index in [1.807, 2.05) is 30.5 Å². The van der Waals surface area contributed by atoms with Crippen molar-refractivity contribution in [3.8, 4) is 22.2 Å². The predicted molar refractivity (Wildman–Crippen MR) is 185 cm³/mol. The minimum Gasteiger partial charge on any atom is -0.496 e. The first-order valence-corrected chi connectivity index (χ1v) is 17.3. The van der Waals surface area contributed by atoms with Crippen molar-refractivity contribution in [1.82, 2.24) is 14.9 Å². The zero-order valence-electron chi connectivity index (χ0n) is 29.1. The lowest BCUT2D eigenvalue weighted by Gasteiger charge is -2.33. The van der Waals surface area contributed by atoms with Crippen LogP contribution in [0, 0.1) is 18.3 Å². The van der Waals surface area contributed by atoms with Gasteiger partial charge in [0.05, 0.1) is 24.9 Å². The molecule has 5 rings (SSSR count). The molecule has 9 nitrogen and oxygen atoms in total. The van der Waals surface area contributed by atoms with Crippen LogP contribution < -0.4 is 15.2 Å². The lowest BCUT2D eigenvalue weighted by molar-refractivity contribution is -0.140. The summed E-state index contributed by atoms with van der Waals surface area (Å²) in [5, 5.41) is 3.45. The number of methoxy groups -OCH3 is 1. The standard InChI is InChI=1S/C36H44F3N5O4S/c1-18(2)25-17-49-33(43-25)24-15-27(23-12-13-26(47-8)19(3)29(23)42-24)48-28-16-44(30(20(28)4)32(40)45)34(46)31(35(5,6)7)41-22-11-9-10-21(14-22)36(37,38)39/h12-15,17-18,20,28,30-31H,9-11,16H2,1-8H3,(H2,40,45). The number of fused-ring (bicyclic) bond motifs is 1. The highest BCUT2D eigenvalue weighted by molar-refractivity contribution is 7.13. The smallest absolute Gasteiger partial charge is 0.412 e. The van der Waals surface area contributed by atoms with E-state index in [-0.39, 0.29) is 31.0 Å². The highest BCUT2D eigenvalue weighted by Crippen LogP contribution is 2.40. The summed E-state index contributed by atoms with van der Waals surface area (Å²) in [6.45, 7) is 13.3. The van der Waals surface area contributed by atoms with Gasteiger partial charge in [-0.05, 0) is 55.7 Å². The third-order valence-corrected chi connectivity index (χ3v) is 10.2. The highest BCUT2D eigenvalue weighted by Gasteiger charge is 2.49. The predicted octanol–water partition coefficient (Wildman–Crippen LogP) is 7.41. The summed E-state index contributed by atoms with van der Waals surface area (Å²) < 4.78 is 52.9. The number of thiazole rings is 1. The average molecular weight is 700 g/mol. The van der Waals surface area contributed by atoms with E-state index in [9.17, 15) is 22.8 Å². The highest BCUT2D eigenvalue weighted by atomic mass is 32.1. The van der Waals surface area contributed by atoms with Crippen LogP contribution in [0.2, 0.25) is 0 Å². The van der Waals surface area contributed by atoms with Crippen LogP contribution in [0.1, 0.15) is 78.0 Å². The zero-order chi connectivity index (χ0) is 36.0. The number of hydrogen-bond acceptors (Lipinski definition) is 8. The van der Waals surface area contributed by atoms with Crippen molar-refractivity contribution in [3.05, 3.63) is 46.5 Å². The summed E-state index contributed by atoms with van der Waals surface area (Å²) >= 11 is 1.48. The van der Waals surface area contributed by atoms with E-state index in [1.165, 1.54) is 16.2 Å². The normalized spacial score (nSPS) is 21.7. The molecule has 3 aromatic rings. The number of allylic oxidation sites excluding steroid dienone is 2. The van der Waals surface area contributed by atoms with Gasteiger partial charge >= 0.3 is 6.18 Å². The number of nitrogens with two attached hydrogens (primary N) is 1. The summed E-state index contributed by atoms with van der Waals surface area (Å²) in [5.74, 6) is -0.303. The molecule has 0 saturated carbocycles. The van der Waals surface area contributed by atoms with Crippen molar-refractivity contribution >= 4 is 39.8 Å². The van der Waals surface area contributed by atoms with E-state index in [0.29, 0.717) is 29.1 Å². The molecule has 3 heterocycles. The second-order valence-electron chi connectivity index (χ2n) is 14.3. The van der Waals surface area contributed by atoms with Gasteiger partial charge in [0.1, 0.15) is 40.4 Å². The lowest BCUT2D eigenvalue weighted by atomic mass is 9.85. The third kappa shape index (κ3) is 7.46. The van der Waals surface area contributed by atoms with E-state index in [2.05, 4.69) is 18.8 Å². The molecule has 1 aliphatic heterocycles. The Morgan fingerprint density at radius 1 is 1.12 bits per heavy atom. The van der Waals surface area contributed by atoms with Crippen LogP contribution in [0.3, 0.4) is 0 Å². The first-order valence-electron chi connectivity index (χ1n) is 16.5. The first-order chi connectivity index (χ1) is 22.9. The number of primary amides is 1. The Hall–Kier alpha value is -4.00. The Morgan fingerprint density at radius 2 is 1.84 bits per heavy atom. The Labute approximate surface area is 288 Å². The number of aryl methyl sites for hydroxylation is 1. The monoisotopic (exact) mass is 699 g/mol. The molecule has 2 amide bonds. The lowest BCUT2D eigenvalue weighted by Crippen LogP contribution is -2.51.